The van der Waals surface area contributed by atoms with Gasteiger partial charge in [0.1, 0.15) is 0 Å². The van der Waals surface area contributed by atoms with E-state index < -0.39 is 9.84 Å². The van der Waals surface area contributed by atoms with Gasteiger partial charge in [0, 0.05) is 6.26 Å². The minimum atomic E-state index is -3.20. The molecule has 0 saturated heterocycles. The fourth-order valence-electron chi connectivity index (χ4n) is 1.05. The number of hydrogen-bond donors (Lipinski definition) is 0. The van der Waals surface area contributed by atoms with E-state index in [9.17, 15) is 8.42 Å². The third-order valence-corrected chi connectivity index (χ3v) is 3.38. The van der Waals surface area contributed by atoms with Crippen LogP contribution in [0.1, 0.15) is 12.5 Å². The fraction of sp³-hybridized carbons (Fsp3) is 0.333. The maximum Gasteiger partial charge on any atom is 0.177 e. The second kappa shape index (κ2) is 3.68. The van der Waals surface area contributed by atoms with Crippen molar-refractivity contribution in [2.24, 2.45) is 0 Å². The number of aryl methyl sites for hydroxylation is 1. The monoisotopic (exact) mass is 218 g/mol. The molecule has 0 aromatic heterocycles. The molecule has 0 N–H and O–H groups in total. The van der Waals surface area contributed by atoms with Gasteiger partial charge in [-0.3, -0.25) is 0 Å². The van der Waals surface area contributed by atoms with Crippen molar-refractivity contribution in [2.45, 2.75) is 18.2 Å². The molecule has 13 heavy (non-hydrogen) atoms. The van der Waals surface area contributed by atoms with Gasteiger partial charge >= 0.3 is 0 Å². The van der Waals surface area contributed by atoms with Gasteiger partial charge in [0.25, 0.3) is 0 Å². The fourth-order valence-corrected chi connectivity index (χ4v) is 2.38. The van der Waals surface area contributed by atoms with Crippen LogP contribution < -0.4 is 0 Å². The zero-order valence-electron chi connectivity index (χ0n) is 7.54. The Morgan fingerprint density at radius 3 is 2.46 bits per heavy atom. The molecule has 0 aliphatic heterocycles. The van der Waals surface area contributed by atoms with Gasteiger partial charge in [0.15, 0.2) is 9.84 Å². The molecule has 0 heterocycles. The van der Waals surface area contributed by atoms with E-state index >= 15 is 0 Å². The van der Waals surface area contributed by atoms with Gasteiger partial charge in [-0.1, -0.05) is 24.6 Å². The summed E-state index contributed by atoms with van der Waals surface area (Å²) in [5.74, 6) is 0. The molecule has 0 fully saturated rings. The van der Waals surface area contributed by atoms with Crippen molar-refractivity contribution in [2.75, 3.05) is 6.26 Å². The van der Waals surface area contributed by atoms with E-state index in [2.05, 4.69) is 0 Å². The molecule has 1 rings (SSSR count). The van der Waals surface area contributed by atoms with E-state index in [1.807, 2.05) is 13.0 Å². The number of benzene rings is 1. The van der Waals surface area contributed by atoms with Crippen LogP contribution in [0, 0.1) is 0 Å². The average molecular weight is 219 g/mol. The lowest BCUT2D eigenvalue weighted by Gasteiger charge is -2.03. The molecule has 0 aliphatic carbocycles. The first kappa shape index (κ1) is 10.5. The second-order valence-electron chi connectivity index (χ2n) is 2.89. The maximum absolute atomic E-state index is 11.2. The SMILES string of the molecule is CCc1ccc(Cl)c(S(C)(=O)=O)c1. The molecule has 0 aliphatic rings. The number of rotatable bonds is 2. The minimum Gasteiger partial charge on any atom is -0.224 e. The first-order valence-corrected chi connectivity index (χ1v) is 6.20. The van der Waals surface area contributed by atoms with Crippen molar-refractivity contribution in [3.8, 4) is 0 Å². The molecule has 72 valence electrons. The number of sulfone groups is 1. The van der Waals surface area contributed by atoms with Crippen molar-refractivity contribution >= 4 is 21.4 Å². The van der Waals surface area contributed by atoms with Crippen molar-refractivity contribution in [1.82, 2.24) is 0 Å². The second-order valence-corrected chi connectivity index (χ2v) is 5.28. The molecule has 1 aromatic rings. The molecular formula is C9H11ClO2S. The Kier molecular flexibility index (Phi) is 2.98. The minimum absolute atomic E-state index is 0.216. The molecule has 0 unspecified atom stereocenters. The van der Waals surface area contributed by atoms with Crippen molar-refractivity contribution in [3.05, 3.63) is 28.8 Å². The molecule has 0 atom stereocenters. The molecule has 0 saturated carbocycles. The van der Waals surface area contributed by atoms with E-state index in [4.69, 9.17) is 11.6 Å². The van der Waals surface area contributed by atoms with Gasteiger partial charge in [-0.25, -0.2) is 8.42 Å². The summed E-state index contributed by atoms with van der Waals surface area (Å²) in [5, 5.41) is 0.291. The van der Waals surface area contributed by atoms with Crippen LogP contribution in [0.5, 0.6) is 0 Å². The Hall–Kier alpha value is -0.540. The van der Waals surface area contributed by atoms with E-state index in [0.717, 1.165) is 18.2 Å². The van der Waals surface area contributed by atoms with E-state index in [-0.39, 0.29) is 4.90 Å². The van der Waals surface area contributed by atoms with Crippen molar-refractivity contribution in [1.29, 1.82) is 0 Å². The van der Waals surface area contributed by atoms with E-state index in [0.29, 0.717) is 5.02 Å². The molecule has 0 amide bonds. The van der Waals surface area contributed by atoms with Crippen LogP contribution >= 0.6 is 11.6 Å². The lowest BCUT2D eigenvalue weighted by atomic mass is 10.2. The summed E-state index contributed by atoms with van der Waals surface area (Å²) in [6.07, 6.45) is 1.97. The van der Waals surface area contributed by atoms with Gasteiger partial charge in [-0.2, -0.15) is 0 Å². The third kappa shape index (κ3) is 2.45. The van der Waals surface area contributed by atoms with E-state index in [1.165, 1.54) is 0 Å². The van der Waals surface area contributed by atoms with Gasteiger partial charge in [0.05, 0.1) is 9.92 Å². The summed E-state index contributed by atoms with van der Waals surface area (Å²) in [6.45, 7) is 1.97. The third-order valence-electron chi connectivity index (χ3n) is 1.80. The summed E-state index contributed by atoms with van der Waals surface area (Å²) >= 11 is 5.76. The Morgan fingerprint density at radius 1 is 1.38 bits per heavy atom. The lowest BCUT2D eigenvalue weighted by Crippen LogP contribution is -1.99. The Balaban J connectivity index is 3.36. The van der Waals surface area contributed by atoms with E-state index in [1.54, 1.807) is 12.1 Å². The first-order chi connectivity index (χ1) is 5.95. The number of hydrogen-bond acceptors (Lipinski definition) is 2. The highest BCUT2D eigenvalue weighted by molar-refractivity contribution is 7.90. The zero-order chi connectivity index (χ0) is 10.1. The molecule has 4 heteroatoms. The van der Waals surface area contributed by atoms with Gasteiger partial charge in [0.2, 0.25) is 0 Å². The van der Waals surface area contributed by atoms with Crippen LogP contribution in [0.25, 0.3) is 0 Å². The Labute approximate surface area is 83.5 Å². The Bertz CT molecular complexity index is 410. The van der Waals surface area contributed by atoms with Crippen molar-refractivity contribution < 1.29 is 8.42 Å². The highest BCUT2D eigenvalue weighted by atomic mass is 35.5. The van der Waals surface area contributed by atoms with Crippen LogP contribution in [-0.4, -0.2) is 14.7 Å². The zero-order valence-corrected chi connectivity index (χ0v) is 9.11. The summed E-state index contributed by atoms with van der Waals surface area (Å²) in [5.41, 5.74) is 0.977. The van der Waals surface area contributed by atoms with Crippen LogP contribution in [0.2, 0.25) is 5.02 Å². The summed E-state index contributed by atoms with van der Waals surface area (Å²) in [6, 6.07) is 5.07. The summed E-state index contributed by atoms with van der Waals surface area (Å²) in [7, 11) is -3.20. The highest BCUT2D eigenvalue weighted by Crippen LogP contribution is 2.22. The van der Waals surface area contributed by atoms with Crippen molar-refractivity contribution in [3.63, 3.8) is 0 Å². The van der Waals surface area contributed by atoms with Crippen LogP contribution in [0.15, 0.2) is 23.1 Å². The molecular weight excluding hydrogens is 208 g/mol. The highest BCUT2D eigenvalue weighted by Gasteiger charge is 2.11. The molecule has 0 spiro atoms. The molecule has 0 bridgehead atoms. The molecule has 1 aromatic carbocycles. The van der Waals surface area contributed by atoms with Gasteiger partial charge in [-0.15, -0.1) is 0 Å². The summed E-state index contributed by atoms with van der Waals surface area (Å²) in [4.78, 5) is 0.216. The largest absolute Gasteiger partial charge is 0.224 e. The van der Waals surface area contributed by atoms with Crippen LogP contribution in [0.3, 0.4) is 0 Å². The number of halogens is 1. The smallest absolute Gasteiger partial charge is 0.177 e. The molecule has 2 nitrogen and oxygen atoms in total. The predicted octanol–water partition coefficient (Wildman–Crippen LogP) is 2.31. The topological polar surface area (TPSA) is 34.1 Å². The summed E-state index contributed by atoms with van der Waals surface area (Å²) < 4.78 is 22.5. The van der Waals surface area contributed by atoms with Crippen LogP contribution in [0.4, 0.5) is 0 Å². The predicted molar refractivity (Wildman–Crippen MR) is 53.9 cm³/mol. The Morgan fingerprint density at radius 2 is 2.00 bits per heavy atom. The van der Waals surface area contributed by atoms with Gasteiger partial charge < -0.3 is 0 Å². The maximum atomic E-state index is 11.2. The standard InChI is InChI=1S/C9H11ClO2S/c1-3-7-4-5-8(10)9(6-7)13(2,11)12/h4-6H,3H2,1-2H3. The lowest BCUT2D eigenvalue weighted by molar-refractivity contribution is 0.602. The average Bonchev–Trinajstić information content (AvgIpc) is 2.03. The molecule has 0 radical (unpaired) electrons. The normalized spacial score (nSPS) is 11.6. The van der Waals surface area contributed by atoms with Crippen LogP contribution in [-0.2, 0) is 16.3 Å². The quantitative estimate of drug-likeness (QED) is 0.764. The van der Waals surface area contributed by atoms with Gasteiger partial charge in [-0.05, 0) is 24.1 Å². The first-order valence-electron chi connectivity index (χ1n) is 3.93.